The van der Waals surface area contributed by atoms with Crippen molar-refractivity contribution in [1.29, 1.82) is 0 Å². The zero-order valence-electron chi connectivity index (χ0n) is 8.53. The molecule has 0 bridgehead atoms. The van der Waals surface area contributed by atoms with Gasteiger partial charge >= 0.3 is 0 Å². The molecule has 1 unspecified atom stereocenters. The van der Waals surface area contributed by atoms with E-state index in [0.29, 0.717) is 26.7 Å². The number of rotatable bonds is 4. The van der Waals surface area contributed by atoms with Crippen LogP contribution in [0.4, 0.5) is 10.1 Å². The van der Waals surface area contributed by atoms with E-state index in [1.54, 1.807) is 6.92 Å². The van der Waals surface area contributed by atoms with Gasteiger partial charge in [-0.05, 0) is 44.8 Å². The first-order chi connectivity index (χ1) is 7.47. The Balaban J connectivity index is 2.92. The third-order valence-corrected chi connectivity index (χ3v) is 4.06. The summed E-state index contributed by atoms with van der Waals surface area (Å²) in [5.74, 6) is -0.134. The average molecular weight is 375 g/mol. The lowest BCUT2D eigenvalue weighted by Crippen LogP contribution is -2.21. The van der Waals surface area contributed by atoms with Crippen LogP contribution in [0, 0.1) is 12.7 Å². The van der Waals surface area contributed by atoms with E-state index in [1.165, 1.54) is 6.07 Å². The molecule has 0 spiro atoms. The fourth-order valence-corrected chi connectivity index (χ4v) is 2.58. The van der Waals surface area contributed by atoms with Crippen LogP contribution in [-0.2, 0) is 0 Å². The van der Waals surface area contributed by atoms with Crippen LogP contribution in [0.1, 0.15) is 5.56 Å². The van der Waals surface area contributed by atoms with E-state index in [-0.39, 0.29) is 11.7 Å². The topological polar surface area (TPSA) is 32.3 Å². The van der Waals surface area contributed by atoms with Gasteiger partial charge < -0.3 is 10.4 Å². The second-order valence-electron chi connectivity index (χ2n) is 3.34. The summed E-state index contributed by atoms with van der Waals surface area (Å²) >= 11 is 12.0. The number of alkyl halides is 1. The van der Waals surface area contributed by atoms with Crippen LogP contribution in [0.25, 0.3) is 0 Å². The summed E-state index contributed by atoms with van der Waals surface area (Å²) < 4.78 is 14.6. The van der Waals surface area contributed by atoms with E-state index in [4.69, 9.17) is 11.6 Å². The molecule has 0 aliphatic carbocycles. The Bertz CT molecular complexity index is 390. The van der Waals surface area contributed by atoms with Gasteiger partial charge in [-0.15, -0.1) is 11.6 Å². The summed E-state index contributed by atoms with van der Waals surface area (Å²) in [4.78, 5) is 0. The van der Waals surface area contributed by atoms with Crippen molar-refractivity contribution in [2.24, 2.45) is 0 Å². The maximum Gasteiger partial charge on any atom is 0.128 e. The molecule has 1 aromatic carbocycles. The monoisotopic (exact) mass is 373 g/mol. The predicted octanol–water partition coefficient (Wildman–Crippen LogP) is 3.67. The summed E-state index contributed by atoms with van der Waals surface area (Å²) in [6.45, 7) is 1.99. The van der Waals surface area contributed by atoms with Crippen LogP contribution >= 0.6 is 43.5 Å². The number of benzene rings is 1. The van der Waals surface area contributed by atoms with Gasteiger partial charge in [-0.3, -0.25) is 0 Å². The third-order valence-electron chi connectivity index (χ3n) is 2.09. The Hall–Kier alpha value is 0.160. The molecule has 1 rings (SSSR count). The number of hydrogen-bond acceptors (Lipinski definition) is 2. The van der Waals surface area contributed by atoms with E-state index < -0.39 is 6.10 Å². The Morgan fingerprint density at radius 3 is 2.75 bits per heavy atom. The van der Waals surface area contributed by atoms with Crippen LogP contribution in [0.2, 0.25) is 0 Å². The zero-order valence-corrected chi connectivity index (χ0v) is 12.5. The molecule has 90 valence electrons. The quantitative estimate of drug-likeness (QED) is 0.787. The maximum atomic E-state index is 13.3. The SMILES string of the molecule is Cc1c(F)cc(Br)c(NCC(O)CCl)c1Br. The highest BCUT2D eigenvalue weighted by Crippen LogP contribution is 2.35. The number of hydrogen-bond donors (Lipinski definition) is 2. The van der Waals surface area contributed by atoms with Gasteiger partial charge in [0.1, 0.15) is 5.82 Å². The Kier molecular flexibility index (Phi) is 5.50. The van der Waals surface area contributed by atoms with E-state index >= 15 is 0 Å². The fourth-order valence-electron chi connectivity index (χ4n) is 1.13. The van der Waals surface area contributed by atoms with Crippen molar-refractivity contribution in [2.75, 3.05) is 17.7 Å². The lowest BCUT2D eigenvalue weighted by Gasteiger charge is -2.15. The first kappa shape index (κ1) is 14.2. The normalized spacial score (nSPS) is 12.6. The van der Waals surface area contributed by atoms with Crippen molar-refractivity contribution in [1.82, 2.24) is 0 Å². The van der Waals surface area contributed by atoms with Crippen molar-refractivity contribution in [3.63, 3.8) is 0 Å². The molecule has 0 aliphatic rings. The summed E-state index contributed by atoms with van der Waals surface area (Å²) in [5, 5.41) is 12.3. The summed E-state index contributed by atoms with van der Waals surface area (Å²) in [5.41, 5.74) is 1.23. The molecule has 2 N–H and O–H groups in total. The number of anilines is 1. The average Bonchev–Trinajstić information content (AvgIpc) is 2.25. The highest BCUT2D eigenvalue weighted by Gasteiger charge is 2.13. The van der Waals surface area contributed by atoms with Gasteiger partial charge in [-0.2, -0.15) is 0 Å². The van der Waals surface area contributed by atoms with Gasteiger partial charge in [0.05, 0.1) is 17.7 Å². The van der Waals surface area contributed by atoms with Crippen molar-refractivity contribution in [3.8, 4) is 0 Å². The number of nitrogens with one attached hydrogen (secondary N) is 1. The first-order valence-corrected chi connectivity index (χ1v) is 6.71. The Morgan fingerprint density at radius 2 is 2.19 bits per heavy atom. The second-order valence-corrected chi connectivity index (χ2v) is 5.30. The number of halogens is 4. The molecular formula is C10H11Br2ClFNO. The van der Waals surface area contributed by atoms with Crippen LogP contribution in [0.15, 0.2) is 15.0 Å². The van der Waals surface area contributed by atoms with Crippen molar-refractivity contribution in [2.45, 2.75) is 13.0 Å². The molecule has 0 fully saturated rings. The van der Waals surface area contributed by atoms with Gasteiger partial charge in [-0.1, -0.05) is 0 Å². The Labute approximate surface area is 115 Å². The van der Waals surface area contributed by atoms with E-state index in [0.717, 1.165) is 0 Å². The minimum Gasteiger partial charge on any atom is -0.390 e. The number of aliphatic hydroxyl groups excluding tert-OH is 1. The van der Waals surface area contributed by atoms with E-state index in [9.17, 15) is 9.50 Å². The van der Waals surface area contributed by atoms with Crippen LogP contribution in [0.5, 0.6) is 0 Å². The van der Waals surface area contributed by atoms with Gasteiger partial charge in [0.15, 0.2) is 0 Å². The van der Waals surface area contributed by atoms with E-state index in [1.807, 2.05) is 0 Å². The summed E-state index contributed by atoms with van der Waals surface area (Å²) in [6, 6.07) is 1.38. The second kappa shape index (κ2) is 6.19. The van der Waals surface area contributed by atoms with Crippen LogP contribution in [0.3, 0.4) is 0 Å². The molecule has 0 radical (unpaired) electrons. The maximum absolute atomic E-state index is 13.3. The van der Waals surface area contributed by atoms with Gasteiger partial charge in [-0.25, -0.2) is 4.39 Å². The van der Waals surface area contributed by atoms with Gasteiger partial charge in [0.25, 0.3) is 0 Å². The minimum atomic E-state index is -0.633. The summed E-state index contributed by atoms with van der Waals surface area (Å²) in [7, 11) is 0. The standard InChI is InChI=1S/C10H11Br2ClFNO/c1-5-8(14)2-7(11)10(9(5)12)15-4-6(16)3-13/h2,6,15-16H,3-4H2,1H3. The molecule has 1 aromatic rings. The molecule has 0 saturated carbocycles. The molecule has 0 aliphatic heterocycles. The zero-order chi connectivity index (χ0) is 12.3. The predicted molar refractivity (Wildman–Crippen MR) is 71.8 cm³/mol. The third kappa shape index (κ3) is 3.32. The molecule has 0 saturated heterocycles. The highest BCUT2D eigenvalue weighted by atomic mass is 79.9. The molecule has 1 atom stereocenters. The molecular weight excluding hydrogens is 364 g/mol. The van der Waals surface area contributed by atoms with Gasteiger partial charge in [0.2, 0.25) is 0 Å². The Morgan fingerprint density at radius 1 is 1.56 bits per heavy atom. The smallest absolute Gasteiger partial charge is 0.128 e. The lowest BCUT2D eigenvalue weighted by atomic mass is 10.2. The molecule has 0 amide bonds. The fraction of sp³-hybridized carbons (Fsp3) is 0.400. The number of aliphatic hydroxyl groups is 1. The van der Waals surface area contributed by atoms with Crippen LogP contribution < -0.4 is 5.32 Å². The molecule has 6 heteroatoms. The van der Waals surface area contributed by atoms with E-state index in [2.05, 4.69) is 37.2 Å². The molecule has 2 nitrogen and oxygen atoms in total. The van der Waals surface area contributed by atoms with Crippen molar-refractivity contribution in [3.05, 3.63) is 26.4 Å². The van der Waals surface area contributed by atoms with Gasteiger partial charge in [0, 0.05) is 21.1 Å². The lowest BCUT2D eigenvalue weighted by molar-refractivity contribution is 0.211. The first-order valence-electron chi connectivity index (χ1n) is 4.59. The van der Waals surface area contributed by atoms with Crippen molar-refractivity contribution < 1.29 is 9.50 Å². The molecule has 0 heterocycles. The van der Waals surface area contributed by atoms with Crippen molar-refractivity contribution >= 4 is 49.1 Å². The molecule has 16 heavy (non-hydrogen) atoms. The highest BCUT2D eigenvalue weighted by molar-refractivity contribution is 9.11. The summed E-state index contributed by atoms with van der Waals surface area (Å²) in [6.07, 6.45) is -0.633. The minimum absolute atomic E-state index is 0.155. The van der Waals surface area contributed by atoms with Crippen LogP contribution in [-0.4, -0.2) is 23.6 Å². The largest absolute Gasteiger partial charge is 0.390 e. The molecule has 0 aromatic heterocycles.